The third kappa shape index (κ3) is 4.51. The summed E-state index contributed by atoms with van der Waals surface area (Å²) in [7, 11) is 0. The van der Waals surface area contributed by atoms with Gasteiger partial charge in [0.1, 0.15) is 0 Å². The second kappa shape index (κ2) is 10.8. The summed E-state index contributed by atoms with van der Waals surface area (Å²) in [5.41, 5.74) is 14.9. The van der Waals surface area contributed by atoms with Crippen molar-refractivity contribution in [2.45, 2.75) is 0 Å². The molecule has 0 spiro atoms. The van der Waals surface area contributed by atoms with E-state index in [4.69, 9.17) is 9.97 Å². The molecule has 9 rings (SSSR count). The number of fused-ring (bicyclic) bond motifs is 3. The zero-order chi connectivity index (χ0) is 30.5. The van der Waals surface area contributed by atoms with Crippen LogP contribution in [0.15, 0.2) is 170 Å². The zero-order valence-electron chi connectivity index (χ0n) is 25.1. The van der Waals surface area contributed by atoms with Crippen LogP contribution in [0.4, 0.5) is 0 Å². The van der Waals surface area contributed by atoms with Gasteiger partial charge in [0.25, 0.3) is 0 Å². The van der Waals surface area contributed by atoms with Crippen LogP contribution in [-0.4, -0.2) is 9.97 Å². The molecule has 0 N–H and O–H groups in total. The topological polar surface area (TPSA) is 25.8 Å². The maximum absolute atomic E-state index is 5.07. The molecule has 2 nitrogen and oxygen atoms in total. The normalized spacial score (nSPS) is 11.5. The van der Waals surface area contributed by atoms with Gasteiger partial charge in [-0.2, -0.15) is 0 Å². The minimum absolute atomic E-state index is 0.717. The van der Waals surface area contributed by atoms with Crippen LogP contribution in [0, 0.1) is 0 Å². The van der Waals surface area contributed by atoms with Gasteiger partial charge in [0.15, 0.2) is 5.82 Å². The summed E-state index contributed by atoms with van der Waals surface area (Å²) in [5.74, 6) is 0.717. The molecule has 0 aliphatic heterocycles. The van der Waals surface area contributed by atoms with Gasteiger partial charge in [0.05, 0.1) is 11.4 Å². The third-order valence-corrected chi connectivity index (χ3v) is 9.02. The molecule has 46 heavy (non-hydrogen) atoms. The van der Waals surface area contributed by atoms with Crippen molar-refractivity contribution in [3.63, 3.8) is 0 Å². The molecule has 0 unspecified atom stereocenters. The van der Waals surface area contributed by atoms with E-state index in [2.05, 4.69) is 146 Å². The molecule has 1 aromatic heterocycles. The molecule has 0 fully saturated rings. The van der Waals surface area contributed by atoms with Crippen LogP contribution < -0.4 is 0 Å². The van der Waals surface area contributed by atoms with Gasteiger partial charge in [-0.1, -0.05) is 146 Å². The summed E-state index contributed by atoms with van der Waals surface area (Å²) in [4.78, 5) is 10.1. The minimum atomic E-state index is 0.717. The molecule has 0 saturated carbocycles. The summed E-state index contributed by atoms with van der Waals surface area (Å²) < 4.78 is 0. The Morgan fingerprint density at radius 2 is 0.826 bits per heavy atom. The summed E-state index contributed by atoms with van der Waals surface area (Å²) in [5, 5.41) is 2.62. The van der Waals surface area contributed by atoms with Crippen LogP contribution in [0.3, 0.4) is 0 Å². The van der Waals surface area contributed by atoms with Crippen molar-refractivity contribution in [3.05, 3.63) is 170 Å². The van der Waals surface area contributed by atoms with E-state index in [1.807, 2.05) is 24.3 Å². The largest absolute Gasteiger partial charge is 0.228 e. The fourth-order valence-corrected chi connectivity index (χ4v) is 6.77. The number of rotatable bonds is 5. The van der Waals surface area contributed by atoms with E-state index in [0.717, 1.165) is 33.6 Å². The lowest BCUT2D eigenvalue weighted by atomic mass is 9.95. The number of benzene rings is 7. The van der Waals surface area contributed by atoms with Gasteiger partial charge >= 0.3 is 0 Å². The van der Waals surface area contributed by atoms with E-state index in [-0.39, 0.29) is 0 Å². The highest BCUT2D eigenvalue weighted by Crippen LogP contribution is 2.48. The Morgan fingerprint density at radius 1 is 0.283 bits per heavy atom. The summed E-state index contributed by atoms with van der Waals surface area (Å²) in [6.07, 6.45) is 0. The van der Waals surface area contributed by atoms with Gasteiger partial charge in [0, 0.05) is 16.7 Å². The van der Waals surface area contributed by atoms with E-state index in [9.17, 15) is 0 Å². The van der Waals surface area contributed by atoms with Crippen molar-refractivity contribution in [1.82, 2.24) is 9.97 Å². The third-order valence-electron chi connectivity index (χ3n) is 9.02. The maximum Gasteiger partial charge on any atom is 0.160 e. The molecule has 7 aromatic carbocycles. The quantitative estimate of drug-likeness (QED) is 0.201. The Labute approximate surface area is 268 Å². The van der Waals surface area contributed by atoms with Gasteiger partial charge in [-0.05, 0) is 79.5 Å². The summed E-state index contributed by atoms with van der Waals surface area (Å²) in [6.45, 7) is 0. The first kappa shape index (κ1) is 26.3. The smallest absolute Gasteiger partial charge is 0.160 e. The molecular weight excluding hydrogens is 556 g/mol. The van der Waals surface area contributed by atoms with E-state index < -0.39 is 0 Å². The predicted octanol–water partition coefficient (Wildman–Crippen LogP) is 11.6. The lowest BCUT2D eigenvalue weighted by Crippen LogP contribution is -1.96. The van der Waals surface area contributed by atoms with Crippen molar-refractivity contribution in [2.75, 3.05) is 0 Å². The highest BCUT2D eigenvalue weighted by molar-refractivity contribution is 6.16. The molecular formula is C44H28N2. The standard InChI is InChI=1S/C44H28N2/c1-3-11-29(12-4-1)33-15-9-16-34(25-33)42-28-41(45-44(46-42)32-13-5-2-6-14-32)31-23-21-30(22-24-31)36-26-35-17-10-20-39-37-18-7-8-19-38(37)40(27-36)43(35)39/h1-28H. The van der Waals surface area contributed by atoms with Gasteiger partial charge in [-0.3, -0.25) is 0 Å². The number of hydrogen-bond acceptors (Lipinski definition) is 2. The molecule has 0 bridgehead atoms. The lowest BCUT2D eigenvalue weighted by Gasteiger charge is -2.12. The van der Waals surface area contributed by atoms with Gasteiger partial charge in [-0.15, -0.1) is 0 Å². The zero-order valence-corrected chi connectivity index (χ0v) is 25.1. The van der Waals surface area contributed by atoms with Crippen LogP contribution in [0.2, 0.25) is 0 Å². The van der Waals surface area contributed by atoms with E-state index >= 15 is 0 Å². The Bertz CT molecular complexity index is 2390. The molecule has 0 amide bonds. The van der Waals surface area contributed by atoms with Crippen molar-refractivity contribution in [3.8, 4) is 78.4 Å². The Morgan fingerprint density at radius 3 is 1.59 bits per heavy atom. The molecule has 0 saturated heterocycles. The number of hydrogen-bond donors (Lipinski definition) is 0. The molecule has 1 aliphatic rings. The van der Waals surface area contributed by atoms with Gasteiger partial charge < -0.3 is 0 Å². The minimum Gasteiger partial charge on any atom is -0.228 e. The Kier molecular flexibility index (Phi) is 6.17. The highest BCUT2D eigenvalue weighted by atomic mass is 14.9. The molecule has 0 atom stereocenters. The number of nitrogens with zero attached hydrogens (tertiary/aromatic N) is 2. The fraction of sp³-hybridized carbons (Fsp3) is 0. The van der Waals surface area contributed by atoms with Gasteiger partial charge in [0.2, 0.25) is 0 Å². The first-order valence-corrected chi connectivity index (χ1v) is 15.7. The number of aromatic nitrogens is 2. The molecule has 0 radical (unpaired) electrons. The summed E-state index contributed by atoms with van der Waals surface area (Å²) >= 11 is 0. The first-order chi connectivity index (χ1) is 22.8. The second-order valence-corrected chi connectivity index (χ2v) is 11.8. The van der Waals surface area contributed by atoms with Crippen molar-refractivity contribution in [1.29, 1.82) is 0 Å². The average Bonchev–Trinajstić information content (AvgIpc) is 3.47. The molecule has 2 heteroatoms. The van der Waals surface area contributed by atoms with Crippen LogP contribution in [0.1, 0.15) is 0 Å². The lowest BCUT2D eigenvalue weighted by molar-refractivity contribution is 1.18. The molecule has 8 aromatic rings. The van der Waals surface area contributed by atoms with Crippen LogP contribution in [-0.2, 0) is 0 Å². The SMILES string of the molecule is c1ccc(-c2cccc(-c3cc(-c4ccc(-c5cc6c7c(cccc7c5)-c5ccccc5-6)cc4)nc(-c4ccccc4)n3)c2)cc1. The van der Waals surface area contributed by atoms with Crippen LogP contribution >= 0.6 is 0 Å². The highest BCUT2D eigenvalue weighted by Gasteiger charge is 2.21. The average molecular weight is 585 g/mol. The monoisotopic (exact) mass is 584 g/mol. The van der Waals surface area contributed by atoms with Crippen molar-refractivity contribution < 1.29 is 0 Å². The predicted molar refractivity (Wildman–Crippen MR) is 191 cm³/mol. The van der Waals surface area contributed by atoms with Crippen LogP contribution in [0.5, 0.6) is 0 Å². The second-order valence-electron chi connectivity index (χ2n) is 11.8. The van der Waals surface area contributed by atoms with Crippen molar-refractivity contribution in [2.24, 2.45) is 0 Å². The van der Waals surface area contributed by atoms with Gasteiger partial charge in [-0.25, -0.2) is 9.97 Å². The van der Waals surface area contributed by atoms with Crippen LogP contribution in [0.25, 0.3) is 89.2 Å². The molecule has 1 aliphatic carbocycles. The summed E-state index contributed by atoms with van der Waals surface area (Å²) in [6, 6.07) is 60.3. The first-order valence-electron chi connectivity index (χ1n) is 15.7. The molecule has 214 valence electrons. The van der Waals surface area contributed by atoms with Crippen molar-refractivity contribution >= 4 is 10.8 Å². The molecule has 1 heterocycles. The van der Waals surface area contributed by atoms with E-state index in [0.29, 0.717) is 5.82 Å². The fourth-order valence-electron chi connectivity index (χ4n) is 6.77. The maximum atomic E-state index is 5.07. The van der Waals surface area contributed by atoms with E-state index in [1.54, 1.807) is 0 Å². The Balaban J connectivity index is 1.13. The van der Waals surface area contributed by atoms with E-state index in [1.165, 1.54) is 49.7 Å². The Hall–Kier alpha value is -6.12.